The number of aromatic nitrogens is 1. The van der Waals surface area contributed by atoms with Crippen molar-refractivity contribution in [1.29, 1.82) is 5.26 Å². The third-order valence-corrected chi connectivity index (χ3v) is 3.68. The van der Waals surface area contributed by atoms with Crippen LogP contribution in [0.3, 0.4) is 0 Å². The Morgan fingerprint density at radius 2 is 2.05 bits per heavy atom. The number of nitrogens with one attached hydrogen (secondary N) is 1. The molecule has 0 saturated heterocycles. The van der Waals surface area contributed by atoms with E-state index in [4.69, 9.17) is 10.00 Å². The van der Waals surface area contributed by atoms with Crippen molar-refractivity contribution in [2.45, 2.75) is 25.9 Å². The molecule has 4 nitrogen and oxygen atoms in total. The molecule has 0 aliphatic heterocycles. The second-order valence-corrected chi connectivity index (χ2v) is 5.67. The van der Waals surface area contributed by atoms with Crippen LogP contribution in [0.5, 0.6) is 5.88 Å². The van der Waals surface area contributed by atoms with Gasteiger partial charge in [0.05, 0.1) is 18.2 Å². The summed E-state index contributed by atoms with van der Waals surface area (Å²) in [6, 6.07) is 13.8. The van der Waals surface area contributed by atoms with E-state index in [0.29, 0.717) is 11.4 Å². The lowest BCUT2D eigenvalue weighted by Crippen LogP contribution is -2.13. The van der Waals surface area contributed by atoms with Crippen LogP contribution in [0.25, 0.3) is 0 Å². The lowest BCUT2D eigenvalue weighted by molar-refractivity contribution is 0.288. The number of nitriles is 1. The Hall–Kier alpha value is -2.38. The summed E-state index contributed by atoms with van der Waals surface area (Å²) in [5.74, 6) is 1.45. The molecule has 1 aromatic carbocycles. The van der Waals surface area contributed by atoms with Gasteiger partial charge in [0.15, 0.2) is 0 Å². The van der Waals surface area contributed by atoms with E-state index in [-0.39, 0.29) is 0 Å². The van der Waals surface area contributed by atoms with Crippen molar-refractivity contribution in [3.63, 3.8) is 0 Å². The van der Waals surface area contributed by atoms with Gasteiger partial charge in [-0.05, 0) is 42.0 Å². The van der Waals surface area contributed by atoms with Gasteiger partial charge in [-0.25, -0.2) is 4.98 Å². The van der Waals surface area contributed by atoms with Gasteiger partial charge in [-0.1, -0.05) is 18.2 Å². The summed E-state index contributed by atoms with van der Waals surface area (Å²) < 4.78 is 5.62. The first-order valence-electron chi connectivity index (χ1n) is 7.61. The van der Waals surface area contributed by atoms with E-state index in [1.807, 2.05) is 42.6 Å². The van der Waals surface area contributed by atoms with Gasteiger partial charge < -0.3 is 10.1 Å². The molecule has 1 saturated carbocycles. The maximum Gasteiger partial charge on any atom is 0.213 e. The van der Waals surface area contributed by atoms with E-state index in [1.54, 1.807) is 0 Å². The largest absolute Gasteiger partial charge is 0.477 e. The quantitative estimate of drug-likeness (QED) is 0.852. The number of ether oxygens (including phenoxy) is 1. The molecule has 2 aromatic rings. The summed E-state index contributed by atoms with van der Waals surface area (Å²) in [6.45, 7) is 2.27. The van der Waals surface area contributed by atoms with Gasteiger partial charge in [-0.2, -0.15) is 5.26 Å². The van der Waals surface area contributed by atoms with Crippen LogP contribution < -0.4 is 10.1 Å². The molecule has 0 unspecified atom stereocenters. The third-order valence-electron chi connectivity index (χ3n) is 3.68. The maximum atomic E-state index is 8.88. The Morgan fingerprint density at radius 1 is 1.18 bits per heavy atom. The van der Waals surface area contributed by atoms with Gasteiger partial charge >= 0.3 is 0 Å². The highest BCUT2D eigenvalue weighted by molar-refractivity contribution is 5.32. The van der Waals surface area contributed by atoms with Gasteiger partial charge in [0, 0.05) is 25.4 Å². The highest BCUT2D eigenvalue weighted by Gasteiger charge is 2.21. The molecular formula is C18H19N3O. The summed E-state index contributed by atoms with van der Waals surface area (Å²) in [7, 11) is 0. The van der Waals surface area contributed by atoms with Crippen molar-refractivity contribution >= 4 is 0 Å². The van der Waals surface area contributed by atoms with E-state index < -0.39 is 0 Å². The maximum absolute atomic E-state index is 8.88. The standard InChI is InChI=1S/C18H19N3O/c19-9-15-2-1-3-16(8-15)10-20-11-17-6-7-18(21-12-17)22-13-14-4-5-14/h1-3,6-8,12,14,20H,4-5,10-11,13H2. The van der Waals surface area contributed by atoms with Crippen LogP contribution in [0.15, 0.2) is 42.6 Å². The van der Waals surface area contributed by atoms with Crippen LogP contribution in [-0.2, 0) is 13.1 Å². The number of rotatable bonds is 7. The van der Waals surface area contributed by atoms with Gasteiger partial charge in [0.25, 0.3) is 0 Å². The predicted octanol–water partition coefficient (Wildman–Crippen LogP) is 3.03. The fourth-order valence-electron chi connectivity index (χ4n) is 2.19. The molecule has 22 heavy (non-hydrogen) atoms. The monoisotopic (exact) mass is 293 g/mol. The molecule has 4 heteroatoms. The van der Waals surface area contributed by atoms with Gasteiger partial charge in [0.1, 0.15) is 0 Å². The van der Waals surface area contributed by atoms with Crippen molar-refractivity contribution in [3.8, 4) is 11.9 Å². The molecule has 0 amide bonds. The molecule has 1 heterocycles. The summed E-state index contributed by atoms with van der Waals surface area (Å²) in [6.07, 6.45) is 4.42. The minimum atomic E-state index is 0.693. The number of hydrogen-bond donors (Lipinski definition) is 1. The Morgan fingerprint density at radius 3 is 2.77 bits per heavy atom. The van der Waals surface area contributed by atoms with E-state index in [0.717, 1.165) is 36.7 Å². The van der Waals surface area contributed by atoms with Crippen molar-refractivity contribution in [3.05, 3.63) is 59.3 Å². The minimum Gasteiger partial charge on any atom is -0.477 e. The van der Waals surface area contributed by atoms with Crippen LogP contribution in [0, 0.1) is 17.2 Å². The summed E-state index contributed by atoms with van der Waals surface area (Å²) in [5, 5.41) is 12.2. The predicted molar refractivity (Wildman–Crippen MR) is 84.2 cm³/mol. The zero-order valence-corrected chi connectivity index (χ0v) is 12.5. The van der Waals surface area contributed by atoms with Crippen molar-refractivity contribution in [2.75, 3.05) is 6.61 Å². The van der Waals surface area contributed by atoms with E-state index in [9.17, 15) is 0 Å². The van der Waals surface area contributed by atoms with Gasteiger partial charge in [0.2, 0.25) is 5.88 Å². The lowest BCUT2D eigenvalue weighted by Gasteiger charge is -2.07. The minimum absolute atomic E-state index is 0.693. The van der Waals surface area contributed by atoms with Crippen LogP contribution in [0.1, 0.15) is 29.5 Å². The van der Waals surface area contributed by atoms with E-state index in [2.05, 4.69) is 16.4 Å². The Kier molecular flexibility index (Phi) is 4.67. The first kappa shape index (κ1) is 14.6. The zero-order chi connectivity index (χ0) is 15.2. The van der Waals surface area contributed by atoms with Crippen molar-refractivity contribution < 1.29 is 4.74 Å². The molecule has 1 N–H and O–H groups in total. The fourth-order valence-corrected chi connectivity index (χ4v) is 2.19. The Bertz CT molecular complexity index is 657. The van der Waals surface area contributed by atoms with Gasteiger partial charge in [-0.15, -0.1) is 0 Å². The molecule has 1 fully saturated rings. The fraction of sp³-hybridized carbons (Fsp3) is 0.333. The number of pyridine rings is 1. The molecule has 0 bridgehead atoms. The second kappa shape index (κ2) is 7.06. The van der Waals surface area contributed by atoms with E-state index in [1.165, 1.54) is 12.8 Å². The van der Waals surface area contributed by atoms with Crippen LogP contribution >= 0.6 is 0 Å². The summed E-state index contributed by atoms with van der Waals surface area (Å²) in [5.41, 5.74) is 2.92. The third kappa shape index (κ3) is 4.31. The molecule has 0 spiro atoms. The highest BCUT2D eigenvalue weighted by atomic mass is 16.5. The molecule has 112 valence electrons. The van der Waals surface area contributed by atoms with Crippen LogP contribution in [0.4, 0.5) is 0 Å². The van der Waals surface area contributed by atoms with Crippen LogP contribution in [-0.4, -0.2) is 11.6 Å². The number of benzene rings is 1. The zero-order valence-electron chi connectivity index (χ0n) is 12.5. The first-order valence-corrected chi connectivity index (χ1v) is 7.61. The number of hydrogen-bond acceptors (Lipinski definition) is 4. The SMILES string of the molecule is N#Cc1cccc(CNCc2ccc(OCC3CC3)nc2)c1. The van der Waals surface area contributed by atoms with Crippen molar-refractivity contribution in [1.82, 2.24) is 10.3 Å². The second-order valence-electron chi connectivity index (χ2n) is 5.67. The smallest absolute Gasteiger partial charge is 0.213 e. The average Bonchev–Trinajstić information content (AvgIpc) is 3.39. The molecule has 1 aliphatic carbocycles. The van der Waals surface area contributed by atoms with E-state index >= 15 is 0 Å². The molecule has 0 atom stereocenters. The molecule has 1 aromatic heterocycles. The Labute approximate surface area is 130 Å². The van der Waals surface area contributed by atoms with Crippen LogP contribution in [0.2, 0.25) is 0 Å². The topological polar surface area (TPSA) is 57.9 Å². The number of nitrogens with zero attached hydrogens (tertiary/aromatic N) is 2. The lowest BCUT2D eigenvalue weighted by atomic mass is 10.1. The normalized spacial score (nSPS) is 13.6. The van der Waals surface area contributed by atoms with Crippen molar-refractivity contribution in [2.24, 2.45) is 5.92 Å². The Balaban J connectivity index is 1.45. The highest BCUT2D eigenvalue weighted by Crippen LogP contribution is 2.29. The average molecular weight is 293 g/mol. The molecule has 3 rings (SSSR count). The first-order chi connectivity index (χ1) is 10.8. The summed E-state index contributed by atoms with van der Waals surface area (Å²) >= 11 is 0. The van der Waals surface area contributed by atoms with Gasteiger partial charge in [-0.3, -0.25) is 0 Å². The molecule has 1 aliphatic rings. The molecule has 0 radical (unpaired) electrons. The summed E-state index contributed by atoms with van der Waals surface area (Å²) in [4.78, 5) is 4.33. The molecular weight excluding hydrogens is 274 g/mol.